The Hall–Kier alpha value is -1.85. The number of ether oxygens (including phenoxy) is 1. The number of rotatable bonds is 6. The molecule has 4 nitrogen and oxygen atoms in total. The van der Waals surface area contributed by atoms with Gasteiger partial charge in [0.15, 0.2) is 5.96 Å². The highest BCUT2D eigenvalue weighted by molar-refractivity contribution is 8.93. The van der Waals surface area contributed by atoms with Crippen LogP contribution in [0.5, 0.6) is 0 Å². The van der Waals surface area contributed by atoms with Gasteiger partial charge in [0.1, 0.15) is 0 Å². The lowest BCUT2D eigenvalue weighted by molar-refractivity contribution is 0.107. The van der Waals surface area contributed by atoms with Crippen LogP contribution in [0.1, 0.15) is 16.7 Å². The lowest BCUT2D eigenvalue weighted by Crippen LogP contribution is -2.29. The molecule has 2 aromatic carbocycles. The summed E-state index contributed by atoms with van der Waals surface area (Å²) in [6, 6.07) is 18.2. The Kier molecular flexibility index (Phi) is 7.50. The van der Waals surface area contributed by atoms with Crippen LogP contribution >= 0.6 is 17.0 Å². The molecular formula is C16H20BrN3O. The Morgan fingerprint density at radius 3 is 2.00 bits per heavy atom. The molecule has 0 spiro atoms. The maximum Gasteiger partial charge on any atom is 0.185 e. The third-order valence-corrected chi connectivity index (χ3v) is 2.89. The summed E-state index contributed by atoms with van der Waals surface area (Å²) in [5.41, 5.74) is 8.64. The highest BCUT2D eigenvalue weighted by Crippen LogP contribution is 2.08. The summed E-state index contributed by atoms with van der Waals surface area (Å²) >= 11 is 0. The zero-order valence-corrected chi connectivity index (χ0v) is 13.4. The second kappa shape index (κ2) is 9.15. The maximum atomic E-state index is 7.11. The van der Waals surface area contributed by atoms with Crippen molar-refractivity contribution < 1.29 is 4.74 Å². The van der Waals surface area contributed by atoms with E-state index < -0.39 is 0 Å². The molecule has 0 bridgehead atoms. The number of nitrogens with one attached hydrogen (secondary N) is 2. The van der Waals surface area contributed by atoms with Crippen molar-refractivity contribution in [2.75, 3.05) is 0 Å². The highest BCUT2D eigenvalue weighted by Gasteiger charge is 1.97. The minimum atomic E-state index is -0.0136. The maximum absolute atomic E-state index is 7.11. The molecule has 21 heavy (non-hydrogen) atoms. The van der Waals surface area contributed by atoms with Gasteiger partial charge in [-0.1, -0.05) is 54.6 Å². The number of hydrogen-bond donors (Lipinski definition) is 3. The lowest BCUT2D eigenvalue weighted by Gasteiger charge is -2.07. The van der Waals surface area contributed by atoms with Gasteiger partial charge in [0.25, 0.3) is 0 Å². The van der Waals surface area contributed by atoms with Crippen molar-refractivity contribution in [2.24, 2.45) is 5.73 Å². The second-order valence-electron chi connectivity index (χ2n) is 4.56. The van der Waals surface area contributed by atoms with E-state index in [4.69, 9.17) is 15.9 Å². The summed E-state index contributed by atoms with van der Waals surface area (Å²) in [6.45, 7) is 1.78. The average Bonchev–Trinajstić information content (AvgIpc) is 2.47. The SMILES string of the molecule is Br.N=C(N)NCc1ccc(COCc2ccccc2)cc1. The van der Waals surface area contributed by atoms with Gasteiger partial charge in [-0.25, -0.2) is 0 Å². The molecule has 112 valence electrons. The van der Waals surface area contributed by atoms with Crippen molar-refractivity contribution >= 4 is 22.9 Å². The Morgan fingerprint density at radius 2 is 1.43 bits per heavy atom. The van der Waals surface area contributed by atoms with E-state index in [1.165, 1.54) is 5.56 Å². The van der Waals surface area contributed by atoms with Crippen LogP contribution in [0.3, 0.4) is 0 Å². The Balaban J connectivity index is 0.00000220. The van der Waals surface area contributed by atoms with E-state index in [0.29, 0.717) is 19.8 Å². The molecule has 0 aromatic heterocycles. The summed E-state index contributed by atoms with van der Waals surface area (Å²) in [5.74, 6) is -0.0136. The van der Waals surface area contributed by atoms with Crippen LogP contribution in [-0.4, -0.2) is 5.96 Å². The topological polar surface area (TPSA) is 71.1 Å². The first-order chi connectivity index (χ1) is 9.74. The normalized spacial score (nSPS) is 9.71. The summed E-state index contributed by atoms with van der Waals surface area (Å²) < 4.78 is 5.67. The van der Waals surface area contributed by atoms with Gasteiger partial charge >= 0.3 is 0 Å². The van der Waals surface area contributed by atoms with E-state index in [-0.39, 0.29) is 22.9 Å². The van der Waals surface area contributed by atoms with Crippen molar-refractivity contribution in [3.63, 3.8) is 0 Å². The van der Waals surface area contributed by atoms with Gasteiger partial charge in [-0.2, -0.15) is 0 Å². The van der Waals surface area contributed by atoms with Crippen molar-refractivity contribution in [3.8, 4) is 0 Å². The van der Waals surface area contributed by atoms with Crippen molar-refractivity contribution in [1.29, 1.82) is 5.41 Å². The van der Waals surface area contributed by atoms with Crippen LogP contribution in [0, 0.1) is 5.41 Å². The van der Waals surface area contributed by atoms with Crippen LogP contribution in [0.2, 0.25) is 0 Å². The minimum absolute atomic E-state index is 0. The average molecular weight is 350 g/mol. The molecule has 2 aromatic rings. The molecule has 0 unspecified atom stereocenters. The van der Waals surface area contributed by atoms with Crippen molar-refractivity contribution in [3.05, 3.63) is 71.3 Å². The van der Waals surface area contributed by atoms with Crippen LogP contribution in [-0.2, 0) is 24.5 Å². The standard InChI is InChI=1S/C16H19N3O.BrH/c17-16(18)19-10-13-6-8-15(9-7-13)12-20-11-14-4-2-1-3-5-14;/h1-9H,10-12H2,(H4,17,18,19);1H. The predicted molar refractivity (Wildman–Crippen MR) is 90.5 cm³/mol. The fourth-order valence-electron chi connectivity index (χ4n) is 1.81. The lowest BCUT2D eigenvalue weighted by atomic mass is 10.1. The van der Waals surface area contributed by atoms with E-state index in [0.717, 1.165) is 11.1 Å². The van der Waals surface area contributed by atoms with Gasteiger partial charge in [-0.15, -0.1) is 17.0 Å². The first-order valence-electron chi connectivity index (χ1n) is 6.51. The predicted octanol–water partition coefficient (Wildman–Crippen LogP) is 2.96. The molecule has 4 N–H and O–H groups in total. The Labute approximate surface area is 135 Å². The zero-order valence-electron chi connectivity index (χ0n) is 11.7. The van der Waals surface area contributed by atoms with Gasteiger partial charge < -0.3 is 15.8 Å². The number of benzene rings is 2. The smallest absolute Gasteiger partial charge is 0.185 e. The van der Waals surface area contributed by atoms with E-state index in [1.54, 1.807) is 0 Å². The molecule has 0 saturated carbocycles. The third kappa shape index (κ3) is 6.42. The Morgan fingerprint density at radius 1 is 0.905 bits per heavy atom. The van der Waals surface area contributed by atoms with E-state index in [2.05, 4.69) is 17.4 Å². The largest absolute Gasteiger partial charge is 0.372 e. The number of nitrogens with two attached hydrogens (primary N) is 1. The number of halogens is 1. The molecule has 0 heterocycles. The molecule has 0 radical (unpaired) electrons. The van der Waals surface area contributed by atoms with Gasteiger partial charge in [0.2, 0.25) is 0 Å². The molecule has 0 saturated heterocycles. The molecular weight excluding hydrogens is 330 g/mol. The molecule has 5 heteroatoms. The number of guanidine groups is 1. The first kappa shape index (κ1) is 17.2. The van der Waals surface area contributed by atoms with Crippen LogP contribution in [0.15, 0.2) is 54.6 Å². The van der Waals surface area contributed by atoms with Crippen LogP contribution < -0.4 is 11.1 Å². The van der Waals surface area contributed by atoms with E-state index in [1.807, 2.05) is 42.5 Å². The van der Waals surface area contributed by atoms with Crippen molar-refractivity contribution in [1.82, 2.24) is 5.32 Å². The molecule has 0 atom stereocenters. The fraction of sp³-hybridized carbons (Fsp3) is 0.188. The quantitative estimate of drug-likeness (QED) is 0.554. The van der Waals surface area contributed by atoms with Gasteiger partial charge in [-0.3, -0.25) is 5.41 Å². The minimum Gasteiger partial charge on any atom is -0.372 e. The summed E-state index contributed by atoms with van der Waals surface area (Å²) in [7, 11) is 0. The monoisotopic (exact) mass is 349 g/mol. The second-order valence-corrected chi connectivity index (χ2v) is 4.56. The van der Waals surface area contributed by atoms with E-state index >= 15 is 0 Å². The first-order valence-corrected chi connectivity index (χ1v) is 6.51. The summed E-state index contributed by atoms with van der Waals surface area (Å²) in [6.07, 6.45) is 0. The Bertz CT molecular complexity index is 543. The fourth-order valence-corrected chi connectivity index (χ4v) is 1.81. The van der Waals surface area contributed by atoms with Crippen LogP contribution in [0.4, 0.5) is 0 Å². The third-order valence-electron chi connectivity index (χ3n) is 2.89. The van der Waals surface area contributed by atoms with E-state index in [9.17, 15) is 0 Å². The molecule has 0 aliphatic heterocycles. The van der Waals surface area contributed by atoms with Crippen LogP contribution in [0.25, 0.3) is 0 Å². The summed E-state index contributed by atoms with van der Waals surface area (Å²) in [4.78, 5) is 0. The molecule has 0 fully saturated rings. The van der Waals surface area contributed by atoms with Gasteiger partial charge in [0, 0.05) is 6.54 Å². The van der Waals surface area contributed by atoms with Gasteiger partial charge in [0.05, 0.1) is 13.2 Å². The highest BCUT2D eigenvalue weighted by atomic mass is 79.9. The summed E-state index contributed by atoms with van der Waals surface area (Å²) in [5, 5.41) is 9.88. The van der Waals surface area contributed by atoms with Crippen molar-refractivity contribution in [2.45, 2.75) is 19.8 Å². The molecule has 2 rings (SSSR count). The zero-order chi connectivity index (χ0) is 14.2. The molecule has 0 aliphatic rings. The number of hydrogen-bond acceptors (Lipinski definition) is 2. The molecule has 0 aliphatic carbocycles. The van der Waals surface area contributed by atoms with Gasteiger partial charge in [-0.05, 0) is 16.7 Å². The molecule has 0 amide bonds.